The van der Waals surface area contributed by atoms with Crippen LogP contribution in [-0.4, -0.2) is 11.6 Å². The van der Waals surface area contributed by atoms with E-state index in [0.29, 0.717) is 0 Å². The number of hydrogen-bond donors (Lipinski definition) is 0. The lowest BCUT2D eigenvalue weighted by molar-refractivity contribution is 0.109. The number of ether oxygens (including phenoxy) is 1. The first-order chi connectivity index (χ1) is 7.43. The van der Waals surface area contributed by atoms with Crippen molar-refractivity contribution < 1.29 is 4.74 Å². The van der Waals surface area contributed by atoms with Gasteiger partial charge < -0.3 is 4.74 Å². The van der Waals surface area contributed by atoms with E-state index in [2.05, 4.69) is 23.2 Å². The maximum Gasteiger partial charge on any atom is 0.0995 e. The van der Waals surface area contributed by atoms with Crippen molar-refractivity contribution in [3.05, 3.63) is 42.1 Å². The first-order valence-electron chi connectivity index (χ1n) is 5.32. The van der Waals surface area contributed by atoms with Gasteiger partial charge in [0.15, 0.2) is 0 Å². The highest BCUT2D eigenvalue weighted by Crippen LogP contribution is 2.28. The monoisotopic (exact) mass is 198 g/mol. The van der Waals surface area contributed by atoms with Crippen LogP contribution in [0, 0.1) is 6.07 Å². The third kappa shape index (κ3) is 1.61. The molecule has 2 nitrogen and oxygen atoms in total. The molecule has 1 atom stereocenters. The molecule has 0 amide bonds. The highest BCUT2D eigenvalue weighted by Gasteiger charge is 2.18. The van der Waals surface area contributed by atoms with Crippen molar-refractivity contribution in [2.24, 2.45) is 0 Å². The van der Waals surface area contributed by atoms with Crippen LogP contribution in [0.1, 0.15) is 24.6 Å². The highest BCUT2D eigenvalue weighted by molar-refractivity contribution is 5.77. The molecule has 3 rings (SSSR count). The fraction of sp³-hybridized carbons (Fsp3) is 0.308. The smallest absolute Gasteiger partial charge is 0.0995 e. The molecule has 0 N–H and O–H groups in total. The summed E-state index contributed by atoms with van der Waals surface area (Å²) in [4.78, 5) is 4.60. The first-order valence-corrected chi connectivity index (χ1v) is 5.32. The molecule has 1 aliphatic heterocycles. The molecule has 0 aliphatic carbocycles. The van der Waals surface area contributed by atoms with Crippen molar-refractivity contribution in [2.75, 3.05) is 6.61 Å². The number of fused-ring (bicyclic) bond motifs is 1. The zero-order chi connectivity index (χ0) is 10.1. The Morgan fingerprint density at radius 2 is 2.33 bits per heavy atom. The summed E-state index contributed by atoms with van der Waals surface area (Å²) < 4.78 is 5.62. The van der Waals surface area contributed by atoms with Gasteiger partial charge in [-0.25, -0.2) is 0 Å². The quantitative estimate of drug-likeness (QED) is 0.703. The van der Waals surface area contributed by atoms with E-state index in [1.54, 1.807) is 0 Å². The van der Waals surface area contributed by atoms with Crippen molar-refractivity contribution >= 4 is 10.9 Å². The third-order valence-corrected chi connectivity index (χ3v) is 2.79. The predicted octanol–water partition coefficient (Wildman–Crippen LogP) is 2.89. The van der Waals surface area contributed by atoms with Crippen LogP contribution >= 0.6 is 0 Å². The number of nitrogens with zero attached hydrogens (tertiary/aromatic N) is 1. The Morgan fingerprint density at radius 1 is 1.33 bits per heavy atom. The summed E-state index contributed by atoms with van der Waals surface area (Å²) in [5.41, 5.74) is 2.06. The van der Waals surface area contributed by atoms with Crippen LogP contribution in [0.15, 0.2) is 30.3 Å². The lowest BCUT2D eigenvalue weighted by Crippen LogP contribution is -1.98. The lowest BCUT2D eigenvalue weighted by Gasteiger charge is -2.09. The highest BCUT2D eigenvalue weighted by atomic mass is 16.5. The SMILES string of the molecule is [c]1cccc2nc(C3CCCO3)ccc12. The molecule has 1 aromatic heterocycles. The topological polar surface area (TPSA) is 22.1 Å². The molecular weight excluding hydrogens is 186 g/mol. The van der Waals surface area contributed by atoms with Gasteiger partial charge in [-0.15, -0.1) is 0 Å². The number of aromatic nitrogens is 1. The molecule has 0 bridgehead atoms. The third-order valence-electron chi connectivity index (χ3n) is 2.79. The second-order valence-corrected chi connectivity index (χ2v) is 3.84. The average Bonchev–Trinajstić information content (AvgIpc) is 2.82. The van der Waals surface area contributed by atoms with Gasteiger partial charge in [-0.3, -0.25) is 4.98 Å². The number of rotatable bonds is 1. The lowest BCUT2D eigenvalue weighted by atomic mass is 10.1. The molecule has 1 saturated heterocycles. The van der Waals surface area contributed by atoms with Crippen LogP contribution in [0.2, 0.25) is 0 Å². The largest absolute Gasteiger partial charge is 0.372 e. The molecular formula is C13H12NO. The summed E-state index contributed by atoms with van der Waals surface area (Å²) in [5, 5.41) is 1.07. The molecule has 0 saturated carbocycles. The Kier molecular flexibility index (Phi) is 2.14. The van der Waals surface area contributed by atoms with E-state index in [9.17, 15) is 0 Å². The molecule has 2 aromatic rings. The van der Waals surface area contributed by atoms with E-state index >= 15 is 0 Å². The van der Waals surface area contributed by atoms with Gasteiger partial charge in [0, 0.05) is 12.0 Å². The zero-order valence-corrected chi connectivity index (χ0v) is 8.44. The Bertz CT molecular complexity index is 475. The van der Waals surface area contributed by atoms with Crippen molar-refractivity contribution in [1.29, 1.82) is 0 Å². The van der Waals surface area contributed by atoms with Crippen LogP contribution in [0.5, 0.6) is 0 Å². The van der Waals surface area contributed by atoms with Crippen molar-refractivity contribution in [3.8, 4) is 0 Å². The molecule has 15 heavy (non-hydrogen) atoms. The Morgan fingerprint density at radius 3 is 3.20 bits per heavy atom. The maximum absolute atomic E-state index is 5.62. The standard InChI is InChI=1S/C13H12NO/c1-2-5-11-10(4-1)7-8-12(14-11)13-6-3-9-15-13/h1-2,5,7-8,13H,3,6,9H2. The fourth-order valence-corrected chi connectivity index (χ4v) is 2.01. The molecule has 75 valence electrons. The van der Waals surface area contributed by atoms with Crippen molar-refractivity contribution in [1.82, 2.24) is 4.98 Å². The molecule has 1 unspecified atom stereocenters. The van der Waals surface area contributed by atoms with Gasteiger partial charge >= 0.3 is 0 Å². The fourth-order valence-electron chi connectivity index (χ4n) is 2.01. The van der Waals surface area contributed by atoms with Gasteiger partial charge in [0.25, 0.3) is 0 Å². The molecule has 1 fully saturated rings. The second-order valence-electron chi connectivity index (χ2n) is 3.84. The first kappa shape index (κ1) is 8.86. The average molecular weight is 198 g/mol. The summed E-state index contributed by atoms with van der Waals surface area (Å²) >= 11 is 0. The van der Waals surface area contributed by atoms with Crippen molar-refractivity contribution in [2.45, 2.75) is 18.9 Å². The van der Waals surface area contributed by atoms with E-state index < -0.39 is 0 Å². The van der Waals surface area contributed by atoms with Gasteiger partial charge in [-0.2, -0.15) is 0 Å². The van der Waals surface area contributed by atoms with Crippen LogP contribution in [0.25, 0.3) is 10.9 Å². The number of hydrogen-bond acceptors (Lipinski definition) is 2. The van der Waals surface area contributed by atoms with Crippen LogP contribution in [-0.2, 0) is 4.74 Å². The minimum atomic E-state index is 0.203. The molecule has 2 heterocycles. The summed E-state index contributed by atoms with van der Waals surface area (Å²) in [5.74, 6) is 0. The Labute approximate surface area is 88.9 Å². The maximum atomic E-state index is 5.62. The number of pyridine rings is 1. The van der Waals surface area contributed by atoms with E-state index in [4.69, 9.17) is 4.74 Å². The molecule has 1 aromatic carbocycles. The summed E-state index contributed by atoms with van der Waals surface area (Å²) in [6, 6.07) is 13.2. The van der Waals surface area contributed by atoms with E-state index in [-0.39, 0.29) is 6.10 Å². The van der Waals surface area contributed by atoms with Gasteiger partial charge in [-0.05, 0) is 31.0 Å². The summed E-state index contributed by atoms with van der Waals surface area (Å²) in [7, 11) is 0. The van der Waals surface area contributed by atoms with Crippen molar-refractivity contribution in [3.63, 3.8) is 0 Å². The molecule has 1 radical (unpaired) electrons. The summed E-state index contributed by atoms with van der Waals surface area (Å²) in [6.07, 6.45) is 2.44. The van der Waals surface area contributed by atoms with Gasteiger partial charge in [-0.1, -0.05) is 18.2 Å². The summed E-state index contributed by atoms with van der Waals surface area (Å²) in [6.45, 7) is 0.866. The van der Waals surface area contributed by atoms with Gasteiger partial charge in [0.1, 0.15) is 0 Å². The molecule has 1 aliphatic rings. The Hall–Kier alpha value is -1.41. The van der Waals surface area contributed by atoms with Crippen LogP contribution in [0.3, 0.4) is 0 Å². The van der Waals surface area contributed by atoms with Crippen LogP contribution in [0.4, 0.5) is 0 Å². The minimum Gasteiger partial charge on any atom is -0.372 e. The number of benzene rings is 1. The van der Waals surface area contributed by atoms with Gasteiger partial charge in [0.2, 0.25) is 0 Å². The zero-order valence-electron chi connectivity index (χ0n) is 8.44. The van der Waals surface area contributed by atoms with E-state index in [1.807, 2.05) is 18.2 Å². The van der Waals surface area contributed by atoms with Gasteiger partial charge in [0.05, 0.1) is 17.3 Å². The normalized spacial score (nSPS) is 20.9. The predicted molar refractivity (Wildman–Crippen MR) is 58.5 cm³/mol. The molecule has 0 spiro atoms. The van der Waals surface area contributed by atoms with E-state index in [1.165, 1.54) is 0 Å². The Balaban J connectivity index is 2.05. The molecule has 2 heteroatoms. The minimum absolute atomic E-state index is 0.203. The van der Waals surface area contributed by atoms with E-state index in [0.717, 1.165) is 36.0 Å². The van der Waals surface area contributed by atoms with Crippen LogP contribution < -0.4 is 0 Å². The second kappa shape index (κ2) is 3.63.